The Bertz CT molecular complexity index is 202. The summed E-state index contributed by atoms with van der Waals surface area (Å²) in [5, 5.41) is 13.7. The second-order valence-corrected chi connectivity index (χ2v) is 3.41. The van der Waals surface area contributed by atoms with Crippen molar-refractivity contribution in [2.75, 3.05) is 0 Å². The minimum absolute atomic E-state index is 0.0112. The smallest absolute Gasteiger partial charge is 0.220 e. The molecule has 0 saturated carbocycles. The lowest BCUT2D eigenvalue weighted by atomic mass is 10.1. The molecule has 13 heavy (non-hydrogen) atoms. The summed E-state index contributed by atoms with van der Waals surface area (Å²) in [6.07, 6.45) is 0.447. The molecule has 0 bridgehead atoms. The Morgan fingerprint density at radius 1 is 1.54 bits per heavy atom. The molecule has 0 aliphatic carbocycles. The molecule has 0 aliphatic rings. The van der Waals surface area contributed by atoms with Gasteiger partial charge in [-0.25, -0.2) is 0 Å². The molecule has 0 rings (SSSR count). The van der Waals surface area contributed by atoms with Crippen LogP contribution in [0.2, 0.25) is 0 Å². The van der Waals surface area contributed by atoms with Gasteiger partial charge >= 0.3 is 0 Å². The lowest BCUT2D eigenvalue weighted by molar-refractivity contribution is -0.122. The van der Waals surface area contributed by atoms with Gasteiger partial charge < -0.3 is 16.3 Å². The molecule has 76 valence electrons. The number of amidine groups is 1. The molecule has 0 fully saturated rings. The van der Waals surface area contributed by atoms with Crippen molar-refractivity contribution in [1.82, 2.24) is 5.32 Å². The zero-order valence-corrected chi connectivity index (χ0v) is 8.24. The van der Waals surface area contributed by atoms with Gasteiger partial charge in [-0.15, -0.1) is 0 Å². The summed E-state index contributed by atoms with van der Waals surface area (Å²) >= 11 is 0. The summed E-state index contributed by atoms with van der Waals surface area (Å²) in [5.41, 5.74) is 5.28. The third kappa shape index (κ3) is 5.05. The first-order valence-electron chi connectivity index (χ1n) is 4.24. The molecule has 5 nitrogen and oxygen atoms in total. The van der Waals surface area contributed by atoms with Crippen LogP contribution in [0.3, 0.4) is 0 Å². The molecule has 0 aromatic heterocycles. The Morgan fingerprint density at radius 3 is 2.46 bits per heavy atom. The van der Waals surface area contributed by atoms with Gasteiger partial charge in [0.2, 0.25) is 5.91 Å². The van der Waals surface area contributed by atoms with Crippen LogP contribution >= 0.6 is 0 Å². The van der Waals surface area contributed by atoms with Gasteiger partial charge in [0.1, 0.15) is 0 Å². The third-order valence-corrected chi connectivity index (χ3v) is 1.53. The van der Waals surface area contributed by atoms with Crippen molar-refractivity contribution in [3.63, 3.8) is 0 Å². The van der Waals surface area contributed by atoms with E-state index in [0.717, 1.165) is 0 Å². The van der Waals surface area contributed by atoms with Crippen molar-refractivity contribution in [2.45, 2.75) is 33.2 Å². The standard InChI is InChI=1S/C8H17N3O2/c1-5(2)4-7(12)10-6(3)8(9)11-13/h5-6,13H,4H2,1-3H3,(H2,9,11)(H,10,12). The fraction of sp³-hybridized carbons (Fsp3) is 0.750. The first-order valence-corrected chi connectivity index (χ1v) is 4.24. The zero-order valence-electron chi connectivity index (χ0n) is 8.24. The Morgan fingerprint density at radius 2 is 2.08 bits per heavy atom. The molecule has 0 spiro atoms. The second-order valence-electron chi connectivity index (χ2n) is 3.41. The van der Waals surface area contributed by atoms with E-state index in [0.29, 0.717) is 12.3 Å². The highest BCUT2D eigenvalue weighted by molar-refractivity contribution is 5.89. The summed E-state index contributed by atoms with van der Waals surface area (Å²) in [5.74, 6) is 0.227. The topological polar surface area (TPSA) is 87.7 Å². The van der Waals surface area contributed by atoms with E-state index in [1.807, 2.05) is 13.8 Å². The van der Waals surface area contributed by atoms with E-state index in [2.05, 4.69) is 10.5 Å². The van der Waals surface area contributed by atoms with Crippen LogP contribution < -0.4 is 11.1 Å². The molecule has 5 heteroatoms. The van der Waals surface area contributed by atoms with Gasteiger partial charge in [0.25, 0.3) is 0 Å². The highest BCUT2D eigenvalue weighted by atomic mass is 16.4. The molecule has 4 N–H and O–H groups in total. The quantitative estimate of drug-likeness (QED) is 0.256. The van der Waals surface area contributed by atoms with Crippen molar-refractivity contribution >= 4 is 11.7 Å². The Kier molecular flexibility index (Phi) is 4.87. The molecular weight excluding hydrogens is 170 g/mol. The summed E-state index contributed by atoms with van der Waals surface area (Å²) < 4.78 is 0. The van der Waals surface area contributed by atoms with E-state index < -0.39 is 6.04 Å². The molecule has 0 aliphatic heterocycles. The number of nitrogens with zero attached hydrogens (tertiary/aromatic N) is 1. The molecule has 0 radical (unpaired) electrons. The summed E-state index contributed by atoms with van der Waals surface area (Å²) in [4.78, 5) is 11.2. The van der Waals surface area contributed by atoms with Crippen molar-refractivity contribution in [2.24, 2.45) is 16.8 Å². The number of amides is 1. The molecule has 1 unspecified atom stereocenters. The van der Waals surface area contributed by atoms with Crippen LogP contribution in [0.4, 0.5) is 0 Å². The number of nitrogens with one attached hydrogen (secondary N) is 1. The van der Waals surface area contributed by atoms with E-state index in [1.165, 1.54) is 0 Å². The maximum Gasteiger partial charge on any atom is 0.220 e. The van der Waals surface area contributed by atoms with Gasteiger partial charge in [0.05, 0.1) is 6.04 Å². The van der Waals surface area contributed by atoms with Crippen LogP contribution in [0.25, 0.3) is 0 Å². The second kappa shape index (κ2) is 5.40. The van der Waals surface area contributed by atoms with Crippen molar-refractivity contribution in [3.05, 3.63) is 0 Å². The number of hydrogen-bond acceptors (Lipinski definition) is 3. The normalized spacial score (nSPS) is 14.3. The first-order chi connectivity index (χ1) is 5.97. The van der Waals surface area contributed by atoms with Gasteiger partial charge in [-0.2, -0.15) is 0 Å². The third-order valence-electron chi connectivity index (χ3n) is 1.53. The van der Waals surface area contributed by atoms with E-state index >= 15 is 0 Å². The van der Waals surface area contributed by atoms with E-state index in [1.54, 1.807) is 6.92 Å². The number of carbonyl (C=O) groups excluding carboxylic acids is 1. The van der Waals surface area contributed by atoms with Crippen LogP contribution in [0, 0.1) is 5.92 Å². The average molecular weight is 187 g/mol. The molecule has 1 amide bonds. The van der Waals surface area contributed by atoms with Crippen molar-refractivity contribution < 1.29 is 10.0 Å². The minimum Gasteiger partial charge on any atom is -0.409 e. The Labute approximate surface area is 78.0 Å². The molecule has 0 aromatic rings. The predicted octanol–water partition coefficient (Wildman–Crippen LogP) is 0.284. The van der Waals surface area contributed by atoms with E-state index in [9.17, 15) is 4.79 Å². The highest BCUT2D eigenvalue weighted by Gasteiger charge is 2.11. The predicted molar refractivity (Wildman–Crippen MR) is 50.5 cm³/mol. The Balaban J connectivity index is 3.92. The number of oxime groups is 1. The van der Waals surface area contributed by atoms with E-state index in [-0.39, 0.29) is 11.7 Å². The lowest BCUT2D eigenvalue weighted by Crippen LogP contribution is -2.42. The minimum atomic E-state index is -0.420. The molecule has 0 saturated heterocycles. The number of carbonyl (C=O) groups is 1. The van der Waals surface area contributed by atoms with Crippen molar-refractivity contribution in [3.8, 4) is 0 Å². The molecular formula is C8H17N3O2. The van der Waals surface area contributed by atoms with Gasteiger partial charge in [0.15, 0.2) is 5.84 Å². The van der Waals surface area contributed by atoms with Gasteiger partial charge in [0, 0.05) is 6.42 Å². The molecule has 1 atom stereocenters. The average Bonchev–Trinajstić information content (AvgIpc) is 2.01. The molecule has 0 heterocycles. The zero-order chi connectivity index (χ0) is 10.4. The SMILES string of the molecule is CC(C)CC(=O)NC(C)/C(N)=N/O. The number of hydrogen-bond donors (Lipinski definition) is 3. The largest absolute Gasteiger partial charge is 0.409 e. The number of nitrogens with two attached hydrogens (primary N) is 1. The van der Waals surface area contributed by atoms with Crippen LogP contribution in [0.5, 0.6) is 0 Å². The summed E-state index contributed by atoms with van der Waals surface area (Å²) in [6, 6.07) is -0.420. The van der Waals surface area contributed by atoms with Gasteiger partial charge in [-0.3, -0.25) is 4.79 Å². The summed E-state index contributed by atoms with van der Waals surface area (Å²) in [6.45, 7) is 5.56. The van der Waals surface area contributed by atoms with Gasteiger partial charge in [-0.05, 0) is 12.8 Å². The fourth-order valence-electron chi connectivity index (χ4n) is 0.832. The molecule has 0 aromatic carbocycles. The number of rotatable bonds is 4. The van der Waals surface area contributed by atoms with Crippen LogP contribution in [0.15, 0.2) is 5.16 Å². The van der Waals surface area contributed by atoms with Crippen LogP contribution in [-0.4, -0.2) is 23.0 Å². The van der Waals surface area contributed by atoms with Crippen molar-refractivity contribution in [1.29, 1.82) is 0 Å². The summed E-state index contributed by atoms with van der Waals surface area (Å²) in [7, 11) is 0. The monoisotopic (exact) mass is 187 g/mol. The first kappa shape index (κ1) is 11.7. The van der Waals surface area contributed by atoms with Crippen LogP contribution in [-0.2, 0) is 4.79 Å². The Hall–Kier alpha value is -1.26. The van der Waals surface area contributed by atoms with Crippen LogP contribution in [0.1, 0.15) is 27.2 Å². The maximum atomic E-state index is 11.2. The van der Waals surface area contributed by atoms with E-state index in [4.69, 9.17) is 10.9 Å². The van der Waals surface area contributed by atoms with Gasteiger partial charge in [-0.1, -0.05) is 19.0 Å². The lowest BCUT2D eigenvalue weighted by Gasteiger charge is -2.12. The highest BCUT2D eigenvalue weighted by Crippen LogP contribution is 1.98. The maximum absolute atomic E-state index is 11.2. The fourth-order valence-corrected chi connectivity index (χ4v) is 0.832.